The molecule has 1 fully saturated rings. The van der Waals surface area contributed by atoms with E-state index in [1.165, 1.54) is 7.11 Å². The highest BCUT2D eigenvalue weighted by atomic mass is 16.5. The SMILES string of the molecule is COC(=O)c1cccc(NC(=O)C2CC(C)CCN2)c1C. The minimum Gasteiger partial charge on any atom is -0.465 e. The third kappa shape index (κ3) is 3.61. The first kappa shape index (κ1) is 15.5. The van der Waals surface area contributed by atoms with Gasteiger partial charge in [-0.15, -0.1) is 0 Å². The second-order valence-electron chi connectivity index (χ2n) is 5.60. The van der Waals surface area contributed by atoms with E-state index in [1.54, 1.807) is 25.1 Å². The fourth-order valence-corrected chi connectivity index (χ4v) is 2.63. The number of hydrogen-bond acceptors (Lipinski definition) is 4. The summed E-state index contributed by atoms with van der Waals surface area (Å²) in [5, 5.41) is 6.14. The van der Waals surface area contributed by atoms with Crippen LogP contribution in [0.4, 0.5) is 5.69 Å². The van der Waals surface area contributed by atoms with Gasteiger partial charge in [0.15, 0.2) is 0 Å². The van der Waals surface area contributed by atoms with E-state index in [4.69, 9.17) is 4.74 Å². The number of esters is 1. The highest BCUT2D eigenvalue weighted by molar-refractivity contribution is 5.98. The lowest BCUT2D eigenvalue weighted by molar-refractivity contribution is -0.119. The van der Waals surface area contributed by atoms with Gasteiger partial charge in [0, 0.05) is 5.69 Å². The first-order chi connectivity index (χ1) is 10.0. The summed E-state index contributed by atoms with van der Waals surface area (Å²) in [5.41, 5.74) is 1.85. The largest absolute Gasteiger partial charge is 0.465 e. The summed E-state index contributed by atoms with van der Waals surface area (Å²) in [6, 6.07) is 5.06. The Morgan fingerprint density at radius 2 is 2.14 bits per heavy atom. The van der Waals surface area contributed by atoms with Crippen molar-refractivity contribution in [1.82, 2.24) is 5.32 Å². The zero-order chi connectivity index (χ0) is 15.4. The standard InChI is InChI=1S/C16H22N2O3/c1-10-7-8-17-14(9-10)15(19)18-13-6-4-5-12(11(13)2)16(20)21-3/h4-6,10,14,17H,7-9H2,1-3H3,(H,18,19). The van der Waals surface area contributed by atoms with Gasteiger partial charge in [-0.3, -0.25) is 4.79 Å². The molecule has 1 amide bonds. The van der Waals surface area contributed by atoms with Gasteiger partial charge in [0.05, 0.1) is 18.7 Å². The Kier molecular flexibility index (Phi) is 4.96. The van der Waals surface area contributed by atoms with E-state index in [9.17, 15) is 9.59 Å². The molecule has 5 heteroatoms. The fraction of sp³-hybridized carbons (Fsp3) is 0.500. The summed E-state index contributed by atoms with van der Waals surface area (Å²) in [6.07, 6.45) is 1.93. The van der Waals surface area contributed by atoms with Crippen molar-refractivity contribution in [2.24, 2.45) is 5.92 Å². The summed E-state index contributed by atoms with van der Waals surface area (Å²) in [4.78, 5) is 24.0. The molecule has 1 heterocycles. The molecular formula is C16H22N2O3. The molecule has 0 aliphatic carbocycles. The predicted molar refractivity (Wildman–Crippen MR) is 81.3 cm³/mol. The third-order valence-electron chi connectivity index (χ3n) is 3.98. The number of carbonyl (C=O) groups is 2. The van der Waals surface area contributed by atoms with Crippen molar-refractivity contribution in [3.8, 4) is 0 Å². The van der Waals surface area contributed by atoms with Crippen molar-refractivity contribution in [2.75, 3.05) is 19.0 Å². The van der Waals surface area contributed by atoms with Crippen LogP contribution in [0.5, 0.6) is 0 Å². The molecule has 21 heavy (non-hydrogen) atoms. The molecule has 2 atom stereocenters. The third-order valence-corrected chi connectivity index (χ3v) is 3.98. The van der Waals surface area contributed by atoms with Crippen LogP contribution in [0.2, 0.25) is 0 Å². The molecule has 0 spiro atoms. The van der Waals surface area contributed by atoms with E-state index in [2.05, 4.69) is 17.6 Å². The highest BCUT2D eigenvalue weighted by Gasteiger charge is 2.25. The summed E-state index contributed by atoms with van der Waals surface area (Å²) in [6.45, 7) is 4.82. The number of methoxy groups -OCH3 is 1. The summed E-state index contributed by atoms with van der Waals surface area (Å²) < 4.78 is 4.74. The average molecular weight is 290 g/mol. The van der Waals surface area contributed by atoms with Crippen molar-refractivity contribution in [3.05, 3.63) is 29.3 Å². The Morgan fingerprint density at radius 1 is 1.38 bits per heavy atom. The van der Waals surface area contributed by atoms with Gasteiger partial charge >= 0.3 is 5.97 Å². The van der Waals surface area contributed by atoms with Gasteiger partial charge in [0.1, 0.15) is 0 Å². The zero-order valence-electron chi connectivity index (χ0n) is 12.7. The van der Waals surface area contributed by atoms with Crippen LogP contribution in [0.1, 0.15) is 35.7 Å². The second kappa shape index (κ2) is 6.72. The lowest BCUT2D eigenvalue weighted by atomic mass is 9.94. The molecule has 2 unspecified atom stereocenters. The first-order valence-corrected chi connectivity index (χ1v) is 7.25. The zero-order valence-corrected chi connectivity index (χ0v) is 12.7. The van der Waals surface area contributed by atoms with Crippen LogP contribution >= 0.6 is 0 Å². The molecule has 0 radical (unpaired) electrons. The summed E-state index contributed by atoms with van der Waals surface area (Å²) in [7, 11) is 1.35. The molecule has 2 N–H and O–H groups in total. The second-order valence-corrected chi connectivity index (χ2v) is 5.60. The molecular weight excluding hydrogens is 268 g/mol. The number of nitrogens with one attached hydrogen (secondary N) is 2. The Labute approximate surface area is 125 Å². The fourth-order valence-electron chi connectivity index (χ4n) is 2.63. The van der Waals surface area contributed by atoms with Crippen molar-refractivity contribution in [2.45, 2.75) is 32.7 Å². The molecule has 114 valence electrons. The summed E-state index contributed by atoms with van der Waals surface area (Å²) >= 11 is 0. The maximum Gasteiger partial charge on any atom is 0.338 e. The van der Waals surface area contributed by atoms with Gasteiger partial charge in [-0.1, -0.05) is 13.0 Å². The topological polar surface area (TPSA) is 67.4 Å². The average Bonchev–Trinajstić information content (AvgIpc) is 2.48. The molecule has 1 saturated heterocycles. The smallest absolute Gasteiger partial charge is 0.338 e. The molecule has 0 saturated carbocycles. The van der Waals surface area contributed by atoms with Crippen LogP contribution in [0.15, 0.2) is 18.2 Å². The lowest BCUT2D eigenvalue weighted by Crippen LogP contribution is -2.45. The monoisotopic (exact) mass is 290 g/mol. The van der Waals surface area contributed by atoms with E-state index in [0.29, 0.717) is 17.2 Å². The number of amides is 1. The summed E-state index contributed by atoms with van der Waals surface area (Å²) in [5.74, 6) is 0.101. The minimum atomic E-state index is -0.395. The van der Waals surface area contributed by atoms with Crippen LogP contribution in [0, 0.1) is 12.8 Å². The number of hydrogen-bond donors (Lipinski definition) is 2. The van der Waals surface area contributed by atoms with Crippen LogP contribution in [0.25, 0.3) is 0 Å². The maximum atomic E-state index is 12.3. The maximum absolute atomic E-state index is 12.3. The van der Waals surface area contributed by atoms with Gasteiger partial charge in [-0.05, 0) is 49.9 Å². The Hall–Kier alpha value is -1.88. The van der Waals surface area contributed by atoms with Crippen LogP contribution < -0.4 is 10.6 Å². The Bertz CT molecular complexity index is 542. The number of carbonyl (C=O) groups excluding carboxylic acids is 2. The molecule has 1 aliphatic heterocycles. The Morgan fingerprint density at radius 3 is 2.81 bits per heavy atom. The number of ether oxygens (including phenoxy) is 1. The van der Waals surface area contributed by atoms with Crippen LogP contribution in [-0.4, -0.2) is 31.6 Å². The van der Waals surface area contributed by atoms with Gasteiger partial charge < -0.3 is 15.4 Å². The van der Waals surface area contributed by atoms with E-state index in [-0.39, 0.29) is 11.9 Å². The molecule has 0 aromatic heterocycles. The molecule has 1 aliphatic rings. The van der Waals surface area contributed by atoms with E-state index in [1.807, 2.05) is 0 Å². The molecule has 5 nitrogen and oxygen atoms in total. The van der Waals surface area contributed by atoms with Crippen LogP contribution in [0.3, 0.4) is 0 Å². The van der Waals surface area contributed by atoms with Gasteiger partial charge in [-0.2, -0.15) is 0 Å². The van der Waals surface area contributed by atoms with Crippen molar-refractivity contribution >= 4 is 17.6 Å². The van der Waals surface area contributed by atoms with Gasteiger partial charge in [0.25, 0.3) is 0 Å². The normalized spacial score (nSPS) is 21.7. The van der Waals surface area contributed by atoms with E-state index in [0.717, 1.165) is 24.9 Å². The van der Waals surface area contributed by atoms with Gasteiger partial charge in [0.2, 0.25) is 5.91 Å². The Balaban J connectivity index is 2.12. The minimum absolute atomic E-state index is 0.0494. The molecule has 0 bridgehead atoms. The number of piperidine rings is 1. The van der Waals surface area contributed by atoms with Crippen LogP contribution in [-0.2, 0) is 9.53 Å². The molecule has 2 rings (SSSR count). The lowest BCUT2D eigenvalue weighted by Gasteiger charge is -2.27. The van der Waals surface area contributed by atoms with Crippen molar-refractivity contribution in [1.29, 1.82) is 0 Å². The highest BCUT2D eigenvalue weighted by Crippen LogP contribution is 2.21. The van der Waals surface area contributed by atoms with E-state index < -0.39 is 5.97 Å². The molecule has 1 aromatic rings. The number of rotatable bonds is 3. The number of anilines is 1. The molecule has 1 aromatic carbocycles. The quantitative estimate of drug-likeness (QED) is 0.837. The van der Waals surface area contributed by atoms with Gasteiger partial charge in [-0.25, -0.2) is 4.79 Å². The first-order valence-electron chi connectivity index (χ1n) is 7.25. The van der Waals surface area contributed by atoms with Crippen molar-refractivity contribution < 1.29 is 14.3 Å². The van der Waals surface area contributed by atoms with E-state index >= 15 is 0 Å². The van der Waals surface area contributed by atoms with Crippen molar-refractivity contribution in [3.63, 3.8) is 0 Å². The number of benzene rings is 1. The predicted octanol–water partition coefficient (Wildman–Crippen LogP) is 2.11.